The van der Waals surface area contributed by atoms with Crippen LogP contribution >= 0.6 is 11.8 Å². The van der Waals surface area contributed by atoms with Crippen LogP contribution in [0.2, 0.25) is 0 Å². The number of carbonyl (C=O) groups is 2. The van der Waals surface area contributed by atoms with Gasteiger partial charge in [0.25, 0.3) is 5.91 Å². The molecule has 0 saturated carbocycles. The molecule has 27 heavy (non-hydrogen) atoms. The van der Waals surface area contributed by atoms with Gasteiger partial charge >= 0.3 is 0 Å². The highest BCUT2D eigenvalue weighted by Gasteiger charge is 2.29. The maximum atomic E-state index is 13.7. The topological polar surface area (TPSA) is 61.4 Å². The molecule has 0 radical (unpaired) electrons. The molecule has 0 aromatic heterocycles. The van der Waals surface area contributed by atoms with E-state index in [9.17, 15) is 14.0 Å². The summed E-state index contributed by atoms with van der Waals surface area (Å²) in [5.41, 5.74) is 2.01. The van der Waals surface area contributed by atoms with E-state index in [1.54, 1.807) is 29.2 Å². The number of hydrogen-bond acceptors (Lipinski definition) is 4. The molecule has 1 fully saturated rings. The molecule has 1 aliphatic heterocycles. The minimum atomic E-state index is -0.310. The van der Waals surface area contributed by atoms with Crippen LogP contribution in [-0.2, 0) is 4.79 Å². The Kier molecular flexibility index (Phi) is 6.13. The molecule has 2 amide bonds. The van der Waals surface area contributed by atoms with Gasteiger partial charge in [0.15, 0.2) is 0 Å². The minimum Gasteiger partial charge on any atom is -0.329 e. The smallest absolute Gasteiger partial charge is 0.254 e. The van der Waals surface area contributed by atoms with Gasteiger partial charge in [-0.1, -0.05) is 12.1 Å². The van der Waals surface area contributed by atoms with Gasteiger partial charge in [0.1, 0.15) is 5.82 Å². The molecule has 142 valence electrons. The summed E-state index contributed by atoms with van der Waals surface area (Å²) in [6, 6.07) is 11.4. The summed E-state index contributed by atoms with van der Waals surface area (Å²) in [5.74, 6) is -0.567. The van der Waals surface area contributed by atoms with E-state index >= 15 is 0 Å². The van der Waals surface area contributed by atoms with Crippen molar-refractivity contribution < 1.29 is 14.0 Å². The van der Waals surface area contributed by atoms with Crippen molar-refractivity contribution in [1.29, 1.82) is 0 Å². The van der Waals surface area contributed by atoms with Crippen LogP contribution in [0.5, 0.6) is 0 Å². The molecule has 1 saturated heterocycles. The van der Waals surface area contributed by atoms with Crippen LogP contribution in [0.1, 0.15) is 28.9 Å². The number of hydrogen-bond donors (Lipinski definition) is 2. The van der Waals surface area contributed by atoms with E-state index in [-0.39, 0.29) is 23.7 Å². The van der Waals surface area contributed by atoms with Gasteiger partial charge in [0.05, 0.1) is 11.7 Å². The summed E-state index contributed by atoms with van der Waals surface area (Å²) in [6.07, 6.45) is 1.90. The maximum Gasteiger partial charge on any atom is 0.254 e. The number of nitrogens with zero attached hydrogens (tertiary/aromatic N) is 1. The van der Waals surface area contributed by atoms with Crippen molar-refractivity contribution in [2.24, 2.45) is 0 Å². The number of nitrogens with one attached hydrogen (secondary N) is 2. The Balaban J connectivity index is 1.89. The molecular weight excluding hydrogens is 365 g/mol. The van der Waals surface area contributed by atoms with Gasteiger partial charge in [-0.3, -0.25) is 9.59 Å². The molecule has 2 N–H and O–H groups in total. The maximum absolute atomic E-state index is 13.7. The molecule has 3 rings (SSSR count). The number of thioether (sulfide) groups is 1. The first-order chi connectivity index (χ1) is 13.0. The van der Waals surface area contributed by atoms with E-state index in [0.29, 0.717) is 30.9 Å². The van der Waals surface area contributed by atoms with Crippen LogP contribution in [0, 0.1) is 5.82 Å². The third kappa shape index (κ3) is 4.48. The molecule has 5 nitrogen and oxygen atoms in total. The second kappa shape index (κ2) is 8.54. The monoisotopic (exact) mass is 387 g/mol. The second-order valence-electron chi connectivity index (χ2n) is 6.37. The Morgan fingerprint density at radius 2 is 2.07 bits per heavy atom. The van der Waals surface area contributed by atoms with Crippen LogP contribution < -0.4 is 10.6 Å². The highest BCUT2D eigenvalue weighted by molar-refractivity contribution is 7.98. The van der Waals surface area contributed by atoms with Gasteiger partial charge in [-0.05, 0) is 42.2 Å². The average molecular weight is 387 g/mol. The van der Waals surface area contributed by atoms with Crippen molar-refractivity contribution in [3.8, 4) is 0 Å². The Hall–Kier alpha value is -2.38. The predicted molar refractivity (Wildman–Crippen MR) is 106 cm³/mol. The molecule has 1 atom stereocenters. The Labute approximate surface area is 162 Å². The van der Waals surface area contributed by atoms with E-state index in [0.717, 1.165) is 10.5 Å². The van der Waals surface area contributed by atoms with Crippen molar-refractivity contribution in [3.05, 3.63) is 59.4 Å². The number of benzene rings is 2. The predicted octanol–water partition coefficient (Wildman–Crippen LogP) is 3.29. The van der Waals surface area contributed by atoms with Crippen molar-refractivity contribution >= 4 is 29.3 Å². The molecule has 0 bridgehead atoms. The zero-order valence-corrected chi connectivity index (χ0v) is 16.1. The summed E-state index contributed by atoms with van der Waals surface area (Å²) in [4.78, 5) is 27.1. The van der Waals surface area contributed by atoms with Gasteiger partial charge in [0, 0.05) is 37.0 Å². The van der Waals surface area contributed by atoms with Crippen LogP contribution in [0.3, 0.4) is 0 Å². The molecule has 0 aliphatic carbocycles. The van der Waals surface area contributed by atoms with E-state index in [1.807, 2.05) is 12.3 Å². The molecule has 1 aliphatic rings. The lowest BCUT2D eigenvalue weighted by Crippen LogP contribution is -2.48. The zero-order valence-electron chi connectivity index (χ0n) is 15.3. The fourth-order valence-electron chi connectivity index (χ4n) is 3.24. The largest absolute Gasteiger partial charge is 0.329 e. The number of carbonyl (C=O) groups excluding carboxylic acids is 2. The fraction of sp³-hybridized carbons (Fsp3) is 0.300. The van der Waals surface area contributed by atoms with Crippen molar-refractivity contribution in [2.75, 3.05) is 31.2 Å². The Bertz CT molecular complexity index is 859. The third-order valence-corrected chi connectivity index (χ3v) is 5.27. The number of amides is 2. The standard InChI is InChI=1S/C20H22FN3O2S/c1-13(25)23-17-7-6-15(11-19(17)27-2)20(26)24-9-8-22-12-18(24)14-4-3-5-16(21)10-14/h3-7,10-11,18,22H,8-9,12H2,1-2H3,(H,23,25). The van der Waals surface area contributed by atoms with Crippen molar-refractivity contribution in [1.82, 2.24) is 10.2 Å². The molecule has 2 aromatic carbocycles. The average Bonchev–Trinajstić information content (AvgIpc) is 2.67. The summed E-state index contributed by atoms with van der Waals surface area (Å²) in [7, 11) is 0. The van der Waals surface area contributed by atoms with E-state index < -0.39 is 0 Å². The first kappa shape index (κ1) is 19.4. The SMILES string of the molecule is CSc1cc(C(=O)N2CCNCC2c2cccc(F)c2)ccc1NC(C)=O. The molecule has 7 heteroatoms. The lowest BCUT2D eigenvalue weighted by Gasteiger charge is -2.36. The third-order valence-electron chi connectivity index (χ3n) is 4.50. The molecule has 2 aromatic rings. The minimum absolute atomic E-state index is 0.101. The fourth-order valence-corrected chi connectivity index (χ4v) is 3.83. The van der Waals surface area contributed by atoms with E-state index in [4.69, 9.17) is 0 Å². The number of rotatable bonds is 4. The van der Waals surface area contributed by atoms with Gasteiger partial charge in [0.2, 0.25) is 5.91 Å². The van der Waals surface area contributed by atoms with Crippen LogP contribution in [-0.4, -0.2) is 42.6 Å². The Morgan fingerprint density at radius 1 is 1.26 bits per heavy atom. The van der Waals surface area contributed by atoms with Gasteiger partial charge in [-0.15, -0.1) is 11.8 Å². The highest BCUT2D eigenvalue weighted by atomic mass is 32.2. The highest BCUT2D eigenvalue weighted by Crippen LogP contribution is 2.29. The lowest BCUT2D eigenvalue weighted by molar-refractivity contribution is -0.114. The lowest BCUT2D eigenvalue weighted by atomic mass is 10.0. The normalized spacial score (nSPS) is 16.9. The number of anilines is 1. The quantitative estimate of drug-likeness (QED) is 0.791. The Morgan fingerprint density at radius 3 is 2.78 bits per heavy atom. The van der Waals surface area contributed by atoms with Crippen LogP contribution in [0.4, 0.5) is 10.1 Å². The number of halogens is 1. The summed E-state index contributed by atoms with van der Waals surface area (Å²) >= 11 is 1.47. The van der Waals surface area contributed by atoms with Gasteiger partial charge < -0.3 is 15.5 Å². The molecule has 0 spiro atoms. The first-order valence-electron chi connectivity index (χ1n) is 8.72. The van der Waals surface area contributed by atoms with Crippen LogP contribution in [0.15, 0.2) is 47.4 Å². The zero-order chi connectivity index (χ0) is 19.4. The van der Waals surface area contributed by atoms with Gasteiger partial charge in [-0.25, -0.2) is 4.39 Å². The van der Waals surface area contributed by atoms with Crippen molar-refractivity contribution in [3.63, 3.8) is 0 Å². The molecule has 1 unspecified atom stereocenters. The van der Waals surface area contributed by atoms with Crippen LogP contribution in [0.25, 0.3) is 0 Å². The number of piperazine rings is 1. The second-order valence-corrected chi connectivity index (χ2v) is 7.22. The summed E-state index contributed by atoms with van der Waals surface area (Å²) in [6.45, 7) is 3.26. The van der Waals surface area contributed by atoms with Gasteiger partial charge in [-0.2, -0.15) is 0 Å². The molecular formula is C20H22FN3O2S. The summed E-state index contributed by atoms with van der Waals surface area (Å²) < 4.78 is 13.7. The van der Waals surface area contributed by atoms with Crippen molar-refractivity contribution in [2.45, 2.75) is 17.9 Å². The summed E-state index contributed by atoms with van der Waals surface area (Å²) in [5, 5.41) is 6.05. The first-order valence-corrected chi connectivity index (χ1v) is 9.95. The molecule has 1 heterocycles. The van der Waals surface area contributed by atoms with E-state index in [2.05, 4.69) is 10.6 Å². The van der Waals surface area contributed by atoms with E-state index in [1.165, 1.54) is 30.8 Å².